The number of hydrogen-bond donors (Lipinski definition) is 1. The average molecular weight is 439 g/mol. The molecule has 3 aromatic rings. The first-order valence-electron chi connectivity index (χ1n) is 10.0. The second-order valence-electron chi connectivity index (χ2n) is 7.75. The Morgan fingerprint density at radius 1 is 0.967 bits per heavy atom. The van der Waals surface area contributed by atoms with Crippen LogP contribution in [0.15, 0.2) is 48.5 Å². The molecular formula is C23H20Cl2N4O. The zero-order chi connectivity index (χ0) is 20.7. The number of hydrogen-bond acceptors (Lipinski definition) is 3. The van der Waals surface area contributed by atoms with Gasteiger partial charge in [-0.15, -0.1) is 0 Å². The summed E-state index contributed by atoms with van der Waals surface area (Å²) in [7, 11) is 0. The Balaban J connectivity index is 1.45. The molecule has 2 aliphatic rings. The fourth-order valence-corrected chi connectivity index (χ4v) is 3.96. The molecule has 2 amide bonds. The number of rotatable bonds is 3. The van der Waals surface area contributed by atoms with Crippen molar-refractivity contribution >= 4 is 34.9 Å². The third kappa shape index (κ3) is 4.00. The smallest absolute Gasteiger partial charge is 0.320 e. The lowest BCUT2D eigenvalue weighted by molar-refractivity contribution is 0.206. The summed E-state index contributed by atoms with van der Waals surface area (Å²) in [4.78, 5) is 24.4. The first kappa shape index (κ1) is 19.3. The summed E-state index contributed by atoms with van der Waals surface area (Å²) in [6.45, 7) is 1.09. The summed E-state index contributed by atoms with van der Waals surface area (Å²) >= 11 is 12.0. The maximum atomic E-state index is 12.9. The predicted octanol–water partition coefficient (Wildman–Crippen LogP) is 5.92. The van der Waals surface area contributed by atoms with E-state index in [1.54, 1.807) is 29.2 Å². The van der Waals surface area contributed by atoms with Crippen molar-refractivity contribution in [2.75, 3.05) is 11.9 Å². The Kier molecular flexibility index (Phi) is 5.09. The van der Waals surface area contributed by atoms with Gasteiger partial charge >= 0.3 is 6.03 Å². The van der Waals surface area contributed by atoms with E-state index in [2.05, 4.69) is 5.32 Å². The third-order valence-corrected chi connectivity index (χ3v) is 6.02. The second kappa shape index (κ2) is 7.89. The van der Waals surface area contributed by atoms with E-state index in [1.165, 1.54) is 0 Å². The molecule has 1 N–H and O–H groups in total. The molecule has 0 bridgehead atoms. The first-order chi connectivity index (χ1) is 14.6. The highest BCUT2D eigenvalue weighted by Gasteiger charge is 2.31. The predicted molar refractivity (Wildman–Crippen MR) is 119 cm³/mol. The average Bonchev–Trinajstić information content (AvgIpc) is 3.60. The van der Waals surface area contributed by atoms with E-state index < -0.39 is 0 Å². The number of amides is 2. The van der Waals surface area contributed by atoms with Gasteiger partial charge in [0.2, 0.25) is 0 Å². The zero-order valence-corrected chi connectivity index (χ0v) is 17.7. The lowest BCUT2D eigenvalue weighted by Crippen LogP contribution is -2.39. The van der Waals surface area contributed by atoms with E-state index in [4.69, 9.17) is 33.2 Å². The van der Waals surface area contributed by atoms with Crippen molar-refractivity contribution in [1.82, 2.24) is 14.9 Å². The largest absolute Gasteiger partial charge is 0.322 e. The molecule has 2 aromatic carbocycles. The van der Waals surface area contributed by atoms with Crippen molar-refractivity contribution in [3.05, 3.63) is 75.7 Å². The summed E-state index contributed by atoms with van der Waals surface area (Å²) < 4.78 is 0. The van der Waals surface area contributed by atoms with Gasteiger partial charge in [0.05, 0.1) is 17.9 Å². The number of nitrogens with zero attached hydrogens (tertiary/aromatic N) is 3. The number of fused-ring (bicyclic) bond motifs is 1. The lowest BCUT2D eigenvalue weighted by atomic mass is 9.99. The number of aromatic nitrogens is 2. The molecule has 1 aliphatic carbocycles. The molecule has 0 radical (unpaired) electrons. The van der Waals surface area contributed by atoms with E-state index in [1.807, 2.05) is 24.3 Å². The minimum atomic E-state index is -0.142. The molecule has 1 saturated carbocycles. The summed E-state index contributed by atoms with van der Waals surface area (Å²) in [6.07, 6.45) is 3.01. The SMILES string of the molecule is O=C(Nc1ccc(Cl)cc1)N1CCc2nc(C3CC3)nc(-c3ccc(Cl)cc3)c2C1. The van der Waals surface area contributed by atoms with Gasteiger partial charge in [0, 0.05) is 45.7 Å². The van der Waals surface area contributed by atoms with Gasteiger partial charge < -0.3 is 10.2 Å². The van der Waals surface area contributed by atoms with Crippen molar-refractivity contribution in [3.8, 4) is 11.3 Å². The monoisotopic (exact) mass is 438 g/mol. The van der Waals surface area contributed by atoms with Crippen LogP contribution in [-0.2, 0) is 13.0 Å². The molecule has 7 heteroatoms. The molecule has 0 unspecified atom stereocenters. The number of carbonyl (C=O) groups excluding carboxylic acids is 1. The Morgan fingerprint density at radius 2 is 1.63 bits per heavy atom. The quantitative estimate of drug-likeness (QED) is 0.551. The van der Waals surface area contributed by atoms with Crippen molar-refractivity contribution in [1.29, 1.82) is 0 Å². The molecule has 0 spiro atoms. The Hall–Kier alpha value is -2.63. The molecule has 5 rings (SSSR count). The van der Waals surface area contributed by atoms with E-state index >= 15 is 0 Å². The van der Waals surface area contributed by atoms with Crippen LogP contribution in [0, 0.1) is 0 Å². The lowest BCUT2D eigenvalue weighted by Gasteiger charge is -2.30. The molecule has 0 atom stereocenters. The first-order valence-corrected chi connectivity index (χ1v) is 10.8. The van der Waals surface area contributed by atoms with Crippen LogP contribution < -0.4 is 5.32 Å². The number of nitrogens with one attached hydrogen (secondary N) is 1. The van der Waals surface area contributed by atoms with Crippen LogP contribution >= 0.6 is 23.2 Å². The summed E-state index contributed by atoms with van der Waals surface area (Å²) in [6, 6.07) is 14.7. The van der Waals surface area contributed by atoms with Crippen molar-refractivity contribution in [3.63, 3.8) is 0 Å². The molecule has 1 aliphatic heterocycles. The van der Waals surface area contributed by atoms with Crippen LogP contribution in [0.25, 0.3) is 11.3 Å². The topological polar surface area (TPSA) is 58.1 Å². The highest BCUT2D eigenvalue weighted by atomic mass is 35.5. The molecule has 1 aromatic heterocycles. The van der Waals surface area contributed by atoms with E-state index in [9.17, 15) is 4.79 Å². The van der Waals surface area contributed by atoms with Crippen LogP contribution in [0.4, 0.5) is 10.5 Å². The van der Waals surface area contributed by atoms with Crippen molar-refractivity contribution < 1.29 is 4.79 Å². The van der Waals surface area contributed by atoms with E-state index in [0.29, 0.717) is 41.2 Å². The zero-order valence-electron chi connectivity index (χ0n) is 16.2. The highest BCUT2D eigenvalue weighted by Crippen LogP contribution is 2.40. The van der Waals surface area contributed by atoms with Gasteiger partial charge in [-0.25, -0.2) is 14.8 Å². The van der Waals surface area contributed by atoms with Gasteiger partial charge in [-0.3, -0.25) is 0 Å². The molecule has 1 fully saturated rings. The molecule has 2 heterocycles. The maximum absolute atomic E-state index is 12.9. The van der Waals surface area contributed by atoms with Crippen molar-refractivity contribution in [2.24, 2.45) is 0 Å². The Morgan fingerprint density at radius 3 is 2.30 bits per heavy atom. The molecule has 30 heavy (non-hydrogen) atoms. The summed E-state index contributed by atoms with van der Waals surface area (Å²) in [5.74, 6) is 1.39. The standard InChI is InChI=1S/C23H20Cl2N4O/c24-16-5-3-14(4-6-16)21-19-13-29(23(30)26-18-9-7-17(25)8-10-18)12-11-20(19)27-22(28-21)15-1-2-15/h3-10,15H,1-2,11-13H2,(H,26,30). The van der Waals surface area contributed by atoms with Gasteiger partial charge in [0.15, 0.2) is 0 Å². The minimum absolute atomic E-state index is 0.142. The van der Waals surface area contributed by atoms with Crippen LogP contribution in [0.3, 0.4) is 0 Å². The Labute approximate surface area is 185 Å². The minimum Gasteiger partial charge on any atom is -0.320 e. The van der Waals surface area contributed by atoms with Crippen LogP contribution in [0.1, 0.15) is 35.8 Å². The summed E-state index contributed by atoms with van der Waals surface area (Å²) in [5.41, 5.74) is 4.68. The normalized spacial score (nSPS) is 15.6. The van der Waals surface area contributed by atoms with Gasteiger partial charge in [0.1, 0.15) is 5.82 Å². The van der Waals surface area contributed by atoms with Crippen LogP contribution in [0.5, 0.6) is 0 Å². The number of anilines is 1. The van der Waals surface area contributed by atoms with Gasteiger partial charge in [-0.2, -0.15) is 0 Å². The molecule has 152 valence electrons. The Bertz CT molecular complexity index is 1100. The molecular weight excluding hydrogens is 419 g/mol. The number of carbonyl (C=O) groups is 1. The number of halogens is 2. The number of benzene rings is 2. The fourth-order valence-electron chi connectivity index (χ4n) is 3.71. The van der Waals surface area contributed by atoms with Gasteiger partial charge in [-0.05, 0) is 49.2 Å². The fraction of sp³-hybridized carbons (Fsp3) is 0.261. The van der Waals surface area contributed by atoms with Crippen molar-refractivity contribution in [2.45, 2.75) is 31.7 Å². The van der Waals surface area contributed by atoms with Crippen LogP contribution in [0.2, 0.25) is 10.0 Å². The van der Waals surface area contributed by atoms with Gasteiger partial charge in [0.25, 0.3) is 0 Å². The van der Waals surface area contributed by atoms with E-state index in [-0.39, 0.29) is 6.03 Å². The summed E-state index contributed by atoms with van der Waals surface area (Å²) in [5, 5.41) is 4.27. The molecule has 5 nitrogen and oxygen atoms in total. The molecule has 0 saturated heterocycles. The van der Waals surface area contributed by atoms with Gasteiger partial charge in [-0.1, -0.05) is 35.3 Å². The second-order valence-corrected chi connectivity index (χ2v) is 8.62. The van der Waals surface area contributed by atoms with E-state index in [0.717, 1.165) is 41.2 Å². The van der Waals surface area contributed by atoms with Crippen LogP contribution in [-0.4, -0.2) is 27.4 Å². The number of urea groups is 1. The maximum Gasteiger partial charge on any atom is 0.322 e. The third-order valence-electron chi connectivity index (χ3n) is 5.52. The highest BCUT2D eigenvalue weighted by molar-refractivity contribution is 6.30.